The second-order valence-corrected chi connectivity index (χ2v) is 3.85. The molecule has 0 unspecified atom stereocenters. The molecule has 0 fully saturated rings. The molecule has 20 heavy (non-hydrogen) atoms. The van der Waals surface area contributed by atoms with Crippen LogP contribution in [-0.4, -0.2) is 40.6 Å². The molecule has 112 valence electrons. The number of benzene rings is 1. The first-order chi connectivity index (χ1) is 9.62. The Morgan fingerprint density at radius 2 is 1.75 bits per heavy atom. The Morgan fingerprint density at radius 3 is 2.20 bits per heavy atom. The third kappa shape index (κ3) is 4.51. The quantitative estimate of drug-likeness (QED) is 0.689. The number of hydrogen-bond donors (Lipinski definition) is 2. The first-order valence-electron chi connectivity index (χ1n) is 6.04. The van der Waals surface area contributed by atoms with E-state index in [-0.39, 0.29) is 6.61 Å². The number of amides is 1. The molecule has 0 atom stereocenters. The van der Waals surface area contributed by atoms with Crippen LogP contribution in [0.25, 0.3) is 0 Å². The van der Waals surface area contributed by atoms with Gasteiger partial charge in [-0.25, -0.2) is 4.79 Å². The maximum atomic E-state index is 10.4. The zero-order valence-electron chi connectivity index (χ0n) is 11.9. The smallest absolute Gasteiger partial charge is 0.404 e. The summed E-state index contributed by atoms with van der Waals surface area (Å²) in [5.74, 6) is 1.97. The van der Waals surface area contributed by atoms with Gasteiger partial charge in [0, 0.05) is 25.2 Å². The van der Waals surface area contributed by atoms with Gasteiger partial charge in [0.05, 0.1) is 26.9 Å². The molecule has 7 nitrogen and oxygen atoms in total. The van der Waals surface area contributed by atoms with E-state index in [0.29, 0.717) is 30.3 Å². The summed E-state index contributed by atoms with van der Waals surface area (Å²) in [7, 11) is 4.73. The topological polar surface area (TPSA) is 92.0 Å². The first-order valence-corrected chi connectivity index (χ1v) is 6.04. The number of nitrogens with one attached hydrogen (secondary N) is 1. The number of methoxy groups -OCH3 is 3. The summed E-state index contributed by atoms with van der Waals surface area (Å²) >= 11 is 0. The molecule has 7 heteroatoms. The highest BCUT2D eigenvalue weighted by molar-refractivity contribution is 5.64. The monoisotopic (exact) mass is 284 g/mol. The van der Waals surface area contributed by atoms with Gasteiger partial charge in [0.25, 0.3) is 0 Å². The molecule has 0 aliphatic carbocycles. The van der Waals surface area contributed by atoms with Gasteiger partial charge in [0.15, 0.2) is 0 Å². The summed E-state index contributed by atoms with van der Waals surface area (Å²) in [6.07, 6.45) is -0.786. The zero-order valence-corrected chi connectivity index (χ0v) is 11.9. The number of nitrogens with two attached hydrogens (primary N) is 1. The summed E-state index contributed by atoms with van der Waals surface area (Å²) in [6.45, 7) is 1.18. The molecule has 0 saturated heterocycles. The zero-order chi connectivity index (χ0) is 15.0. The van der Waals surface area contributed by atoms with Crippen molar-refractivity contribution >= 4 is 6.09 Å². The lowest BCUT2D eigenvalue weighted by Crippen LogP contribution is -2.23. The Kier molecular flexibility index (Phi) is 6.45. The summed E-state index contributed by atoms with van der Waals surface area (Å²) in [5, 5.41) is 3.11. The number of primary amides is 1. The van der Waals surface area contributed by atoms with Crippen LogP contribution in [0.1, 0.15) is 5.56 Å². The third-order valence-electron chi connectivity index (χ3n) is 2.64. The maximum Gasteiger partial charge on any atom is 0.404 e. The summed E-state index contributed by atoms with van der Waals surface area (Å²) in [4.78, 5) is 10.4. The molecule has 1 aromatic carbocycles. The van der Waals surface area contributed by atoms with Crippen molar-refractivity contribution in [3.8, 4) is 17.2 Å². The molecule has 0 spiro atoms. The van der Waals surface area contributed by atoms with Gasteiger partial charge in [0.1, 0.15) is 23.9 Å². The van der Waals surface area contributed by atoms with Gasteiger partial charge in [-0.2, -0.15) is 0 Å². The number of carbonyl (C=O) groups is 1. The van der Waals surface area contributed by atoms with Crippen molar-refractivity contribution in [2.45, 2.75) is 6.54 Å². The Hall–Kier alpha value is -2.15. The van der Waals surface area contributed by atoms with E-state index in [9.17, 15) is 4.79 Å². The van der Waals surface area contributed by atoms with E-state index in [1.165, 1.54) is 0 Å². The molecule has 0 heterocycles. The number of hydrogen-bond acceptors (Lipinski definition) is 6. The van der Waals surface area contributed by atoms with Crippen molar-refractivity contribution in [3.05, 3.63) is 17.7 Å². The lowest BCUT2D eigenvalue weighted by atomic mass is 10.1. The van der Waals surface area contributed by atoms with E-state index in [1.807, 2.05) is 0 Å². The van der Waals surface area contributed by atoms with Crippen LogP contribution >= 0.6 is 0 Å². The third-order valence-corrected chi connectivity index (χ3v) is 2.64. The van der Waals surface area contributed by atoms with Gasteiger partial charge in [-0.1, -0.05) is 0 Å². The van der Waals surface area contributed by atoms with Crippen LogP contribution in [0.4, 0.5) is 4.79 Å². The number of carbonyl (C=O) groups excluding carboxylic acids is 1. The number of ether oxygens (including phenoxy) is 4. The van der Waals surface area contributed by atoms with Gasteiger partial charge < -0.3 is 30.0 Å². The molecule has 3 N–H and O–H groups in total. The fourth-order valence-electron chi connectivity index (χ4n) is 1.69. The molecule has 0 aliphatic heterocycles. The summed E-state index contributed by atoms with van der Waals surface area (Å²) in [5.41, 5.74) is 5.72. The highest BCUT2D eigenvalue weighted by Crippen LogP contribution is 2.33. The Labute approximate surface area is 117 Å². The van der Waals surface area contributed by atoms with Crippen molar-refractivity contribution in [2.75, 3.05) is 34.5 Å². The fourth-order valence-corrected chi connectivity index (χ4v) is 1.69. The predicted octanol–water partition coefficient (Wildman–Crippen LogP) is 0.897. The lowest BCUT2D eigenvalue weighted by Gasteiger charge is -2.15. The predicted molar refractivity (Wildman–Crippen MR) is 73.3 cm³/mol. The molecule has 0 radical (unpaired) electrons. The minimum atomic E-state index is -0.786. The van der Waals surface area contributed by atoms with Crippen LogP contribution in [-0.2, 0) is 11.3 Å². The standard InChI is InChI=1S/C13H20N2O5/c1-17-9-6-11(18-2)10(12(7-9)19-3)8-15-4-5-20-13(14)16/h6-7,15H,4-5,8H2,1-3H3,(H2,14,16). The van der Waals surface area contributed by atoms with Crippen molar-refractivity contribution in [2.24, 2.45) is 5.73 Å². The van der Waals surface area contributed by atoms with E-state index < -0.39 is 6.09 Å². The second kappa shape index (κ2) is 8.11. The van der Waals surface area contributed by atoms with Crippen molar-refractivity contribution in [1.29, 1.82) is 0 Å². The maximum absolute atomic E-state index is 10.4. The highest BCUT2D eigenvalue weighted by atomic mass is 16.5. The molecule has 0 saturated carbocycles. The van der Waals surface area contributed by atoms with E-state index in [4.69, 9.17) is 19.9 Å². The average Bonchev–Trinajstić information content (AvgIpc) is 2.46. The molecule has 0 aromatic heterocycles. The van der Waals surface area contributed by atoms with Gasteiger partial charge >= 0.3 is 6.09 Å². The Balaban J connectivity index is 2.69. The molecular formula is C13H20N2O5. The average molecular weight is 284 g/mol. The van der Waals surface area contributed by atoms with Gasteiger partial charge in [0.2, 0.25) is 0 Å². The molecular weight excluding hydrogens is 264 g/mol. The molecule has 0 bridgehead atoms. The van der Waals surface area contributed by atoms with E-state index in [1.54, 1.807) is 33.5 Å². The van der Waals surface area contributed by atoms with Crippen LogP contribution in [0.15, 0.2) is 12.1 Å². The minimum absolute atomic E-state index is 0.204. The largest absolute Gasteiger partial charge is 0.496 e. The normalized spacial score (nSPS) is 9.95. The highest BCUT2D eigenvalue weighted by Gasteiger charge is 2.12. The second-order valence-electron chi connectivity index (χ2n) is 3.85. The van der Waals surface area contributed by atoms with Gasteiger partial charge in [-0.3, -0.25) is 0 Å². The van der Waals surface area contributed by atoms with Gasteiger partial charge in [-0.05, 0) is 0 Å². The summed E-state index contributed by atoms with van der Waals surface area (Å²) in [6, 6.07) is 3.55. The Bertz CT molecular complexity index is 425. The van der Waals surface area contributed by atoms with E-state index in [2.05, 4.69) is 10.1 Å². The first kappa shape index (κ1) is 15.9. The van der Waals surface area contributed by atoms with E-state index >= 15 is 0 Å². The van der Waals surface area contributed by atoms with Crippen molar-refractivity contribution < 1.29 is 23.7 Å². The minimum Gasteiger partial charge on any atom is -0.496 e. The van der Waals surface area contributed by atoms with Crippen LogP contribution in [0, 0.1) is 0 Å². The molecule has 1 aromatic rings. The van der Waals surface area contributed by atoms with E-state index in [0.717, 1.165) is 5.56 Å². The lowest BCUT2D eigenvalue weighted by molar-refractivity contribution is 0.157. The van der Waals surface area contributed by atoms with Crippen LogP contribution in [0.2, 0.25) is 0 Å². The van der Waals surface area contributed by atoms with Crippen LogP contribution in [0.3, 0.4) is 0 Å². The molecule has 1 rings (SSSR count). The number of rotatable bonds is 8. The molecule has 1 amide bonds. The van der Waals surface area contributed by atoms with Gasteiger partial charge in [-0.15, -0.1) is 0 Å². The van der Waals surface area contributed by atoms with Crippen molar-refractivity contribution in [1.82, 2.24) is 5.32 Å². The SMILES string of the molecule is COc1cc(OC)c(CNCCOC(N)=O)c(OC)c1. The Morgan fingerprint density at radius 1 is 1.15 bits per heavy atom. The summed E-state index contributed by atoms with van der Waals surface area (Å²) < 4.78 is 20.4. The molecule has 0 aliphatic rings. The fraction of sp³-hybridized carbons (Fsp3) is 0.462. The van der Waals surface area contributed by atoms with Crippen LogP contribution < -0.4 is 25.3 Å². The van der Waals surface area contributed by atoms with Crippen LogP contribution in [0.5, 0.6) is 17.2 Å². The van der Waals surface area contributed by atoms with Crippen molar-refractivity contribution in [3.63, 3.8) is 0 Å².